The molecule has 0 unspecified atom stereocenters. The standard InChI is InChI=1S/C8H11BO5/c1-13-8(14-2)6(9(11)12)4-3-5-7(8)10/h3-5,11-12H,1-2H3. The molecule has 0 bridgehead atoms. The maximum atomic E-state index is 11.5. The van der Waals surface area contributed by atoms with Crippen molar-refractivity contribution in [1.29, 1.82) is 0 Å². The Labute approximate surface area is 81.8 Å². The molecule has 76 valence electrons. The van der Waals surface area contributed by atoms with Gasteiger partial charge in [0.2, 0.25) is 5.78 Å². The van der Waals surface area contributed by atoms with Crippen LogP contribution in [0, 0.1) is 0 Å². The Bertz CT molecular complexity index is 290. The van der Waals surface area contributed by atoms with Crippen molar-refractivity contribution in [2.75, 3.05) is 14.2 Å². The van der Waals surface area contributed by atoms with Crippen LogP contribution in [0.25, 0.3) is 0 Å². The number of hydrogen-bond acceptors (Lipinski definition) is 5. The Morgan fingerprint density at radius 3 is 2.29 bits per heavy atom. The first-order valence-electron chi connectivity index (χ1n) is 3.98. The number of ketones is 1. The summed E-state index contributed by atoms with van der Waals surface area (Å²) in [6.45, 7) is 0. The average molecular weight is 198 g/mol. The number of hydrogen-bond donors (Lipinski definition) is 2. The monoisotopic (exact) mass is 198 g/mol. The molecule has 0 aromatic rings. The summed E-state index contributed by atoms with van der Waals surface area (Å²) in [5, 5.41) is 18.1. The second kappa shape index (κ2) is 4.06. The van der Waals surface area contributed by atoms with Crippen molar-refractivity contribution >= 4 is 12.9 Å². The summed E-state index contributed by atoms with van der Waals surface area (Å²) in [7, 11) is 0.733. The fraction of sp³-hybridized carbons (Fsp3) is 0.375. The van der Waals surface area contributed by atoms with Gasteiger partial charge in [0, 0.05) is 19.7 Å². The van der Waals surface area contributed by atoms with E-state index >= 15 is 0 Å². The van der Waals surface area contributed by atoms with Gasteiger partial charge >= 0.3 is 7.12 Å². The third kappa shape index (κ3) is 1.53. The maximum absolute atomic E-state index is 11.5. The van der Waals surface area contributed by atoms with Crippen LogP contribution in [0.5, 0.6) is 0 Å². The highest BCUT2D eigenvalue weighted by Crippen LogP contribution is 2.27. The summed E-state index contributed by atoms with van der Waals surface area (Å²) in [5.74, 6) is -2.18. The molecule has 0 spiro atoms. The molecule has 1 aliphatic rings. The van der Waals surface area contributed by atoms with Gasteiger partial charge in [0.1, 0.15) is 0 Å². The topological polar surface area (TPSA) is 76.0 Å². The van der Waals surface area contributed by atoms with E-state index in [0.29, 0.717) is 0 Å². The fourth-order valence-electron chi connectivity index (χ4n) is 1.38. The van der Waals surface area contributed by atoms with Crippen LogP contribution >= 0.6 is 0 Å². The summed E-state index contributed by atoms with van der Waals surface area (Å²) in [6, 6.07) is 0. The Morgan fingerprint density at radius 2 is 1.93 bits per heavy atom. The summed E-state index contributed by atoms with van der Waals surface area (Å²) >= 11 is 0. The fourth-order valence-corrected chi connectivity index (χ4v) is 1.38. The number of ether oxygens (including phenoxy) is 2. The molecule has 2 N–H and O–H groups in total. The lowest BCUT2D eigenvalue weighted by atomic mass is 9.70. The molecule has 1 rings (SSSR count). The average Bonchev–Trinajstić information content (AvgIpc) is 2.17. The van der Waals surface area contributed by atoms with Crippen LogP contribution in [0.15, 0.2) is 23.7 Å². The van der Waals surface area contributed by atoms with Gasteiger partial charge in [0.15, 0.2) is 0 Å². The molecule has 0 aromatic carbocycles. The molecular weight excluding hydrogens is 187 g/mol. The van der Waals surface area contributed by atoms with Crippen molar-refractivity contribution < 1.29 is 24.3 Å². The molecule has 0 radical (unpaired) electrons. The molecule has 5 nitrogen and oxygen atoms in total. The second-order valence-corrected chi connectivity index (χ2v) is 2.74. The van der Waals surface area contributed by atoms with Crippen LogP contribution in [-0.2, 0) is 14.3 Å². The molecule has 0 atom stereocenters. The molecule has 0 aromatic heterocycles. The van der Waals surface area contributed by atoms with Crippen LogP contribution in [0.2, 0.25) is 0 Å². The summed E-state index contributed by atoms with van der Waals surface area (Å²) in [5.41, 5.74) is -0.0324. The molecule has 1 aliphatic carbocycles. The molecule has 0 aliphatic heterocycles. The van der Waals surface area contributed by atoms with Crippen molar-refractivity contribution in [3.05, 3.63) is 23.7 Å². The number of methoxy groups -OCH3 is 2. The third-order valence-electron chi connectivity index (χ3n) is 2.08. The minimum atomic E-state index is -1.79. The van der Waals surface area contributed by atoms with Crippen LogP contribution in [0.3, 0.4) is 0 Å². The SMILES string of the molecule is COC1(OC)C(=O)C=CC=C1B(O)O. The van der Waals surface area contributed by atoms with Crippen LogP contribution < -0.4 is 0 Å². The molecule has 6 heteroatoms. The first kappa shape index (κ1) is 11.1. The van der Waals surface area contributed by atoms with Crippen molar-refractivity contribution in [1.82, 2.24) is 0 Å². The van der Waals surface area contributed by atoms with E-state index in [4.69, 9.17) is 19.5 Å². The minimum absolute atomic E-state index is 0.0324. The lowest BCUT2D eigenvalue weighted by Gasteiger charge is -2.31. The molecule has 0 heterocycles. The highest BCUT2D eigenvalue weighted by Gasteiger charge is 2.47. The first-order chi connectivity index (χ1) is 6.58. The Hall–Kier alpha value is -0.945. The molecule has 14 heavy (non-hydrogen) atoms. The summed E-state index contributed by atoms with van der Waals surface area (Å²) in [6.07, 6.45) is 4.03. The zero-order chi connectivity index (χ0) is 10.8. The number of allylic oxidation sites excluding steroid dienone is 2. The Morgan fingerprint density at radius 1 is 1.36 bits per heavy atom. The van der Waals surface area contributed by atoms with Gasteiger partial charge in [-0.25, -0.2) is 0 Å². The van der Waals surface area contributed by atoms with Crippen LogP contribution in [0.1, 0.15) is 0 Å². The molecule has 0 saturated heterocycles. The van der Waals surface area contributed by atoms with Crippen molar-refractivity contribution in [2.24, 2.45) is 0 Å². The van der Waals surface area contributed by atoms with Crippen molar-refractivity contribution in [2.45, 2.75) is 5.79 Å². The van der Waals surface area contributed by atoms with E-state index in [9.17, 15) is 4.79 Å². The minimum Gasteiger partial charge on any atom is -0.423 e. The van der Waals surface area contributed by atoms with Crippen molar-refractivity contribution in [3.63, 3.8) is 0 Å². The number of carbonyl (C=O) groups is 1. The highest BCUT2D eigenvalue weighted by atomic mass is 16.7. The van der Waals surface area contributed by atoms with Gasteiger partial charge < -0.3 is 19.5 Å². The van der Waals surface area contributed by atoms with Crippen molar-refractivity contribution in [3.8, 4) is 0 Å². The van der Waals surface area contributed by atoms with E-state index in [1.807, 2.05) is 0 Å². The van der Waals surface area contributed by atoms with E-state index in [2.05, 4.69) is 0 Å². The van der Waals surface area contributed by atoms with E-state index in [1.165, 1.54) is 32.4 Å². The van der Waals surface area contributed by atoms with Gasteiger partial charge in [-0.1, -0.05) is 12.2 Å². The van der Waals surface area contributed by atoms with Gasteiger partial charge in [0.05, 0.1) is 0 Å². The zero-order valence-electron chi connectivity index (χ0n) is 7.93. The predicted octanol–water partition coefficient (Wildman–Crippen LogP) is -0.947. The molecule has 0 amide bonds. The normalized spacial score (nSPS) is 19.4. The van der Waals surface area contributed by atoms with Gasteiger partial charge in [0.25, 0.3) is 5.79 Å². The lowest BCUT2D eigenvalue weighted by molar-refractivity contribution is -0.184. The van der Waals surface area contributed by atoms with Gasteiger partial charge in [-0.05, 0) is 6.08 Å². The van der Waals surface area contributed by atoms with Gasteiger partial charge in [-0.3, -0.25) is 4.79 Å². The summed E-state index contributed by atoms with van der Waals surface area (Å²) < 4.78 is 9.81. The van der Waals surface area contributed by atoms with Crippen LogP contribution in [0.4, 0.5) is 0 Å². The number of carbonyl (C=O) groups excluding carboxylic acids is 1. The Balaban J connectivity index is 3.16. The largest absolute Gasteiger partial charge is 0.490 e. The molecule has 0 fully saturated rings. The maximum Gasteiger partial charge on any atom is 0.490 e. The van der Waals surface area contributed by atoms with Crippen LogP contribution in [-0.4, -0.2) is 43.0 Å². The van der Waals surface area contributed by atoms with E-state index in [-0.39, 0.29) is 5.47 Å². The van der Waals surface area contributed by atoms with E-state index in [0.717, 1.165) is 0 Å². The smallest absolute Gasteiger partial charge is 0.423 e. The predicted molar refractivity (Wildman–Crippen MR) is 49.2 cm³/mol. The lowest BCUT2D eigenvalue weighted by Crippen LogP contribution is -2.49. The summed E-state index contributed by atoms with van der Waals surface area (Å²) in [4.78, 5) is 11.5. The second-order valence-electron chi connectivity index (χ2n) is 2.74. The quantitative estimate of drug-likeness (QED) is 0.451. The molecular formula is C8H11BO5. The highest BCUT2D eigenvalue weighted by molar-refractivity contribution is 6.52. The molecule has 0 saturated carbocycles. The number of rotatable bonds is 3. The first-order valence-corrected chi connectivity index (χ1v) is 3.98. The van der Waals surface area contributed by atoms with Gasteiger partial charge in [-0.15, -0.1) is 0 Å². The van der Waals surface area contributed by atoms with E-state index < -0.39 is 18.7 Å². The van der Waals surface area contributed by atoms with E-state index in [1.54, 1.807) is 0 Å². The Kier molecular flexibility index (Phi) is 3.23. The van der Waals surface area contributed by atoms with Gasteiger partial charge in [-0.2, -0.15) is 0 Å². The third-order valence-corrected chi connectivity index (χ3v) is 2.08. The zero-order valence-corrected chi connectivity index (χ0v) is 7.93.